The molecule has 1 heterocycles. The van der Waals surface area contributed by atoms with Gasteiger partial charge in [0, 0.05) is 11.1 Å². The number of benzene rings is 1. The second-order valence-electron chi connectivity index (χ2n) is 8.40. The molecular weight excluding hydrogens is 336 g/mol. The molecule has 1 aromatic carbocycles. The summed E-state index contributed by atoms with van der Waals surface area (Å²) in [6.45, 7) is 11.7. The van der Waals surface area contributed by atoms with Gasteiger partial charge in [0.15, 0.2) is 12.5 Å². The molecule has 7 heteroatoms. The average Bonchev–Trinajstić information content (AvgIpc) is 2.87. The van der Waals surface area contributed by atoms with Crippen LogP contribution in [0.5, 0.6) is 5.75 Å². The van der Waals surface area contributed by atoms with Crippen LogP contribution in [0.3, 0.4) is 0 Å². The van der Waals surface area contributed by atoms with E-state index < -0.39 is 11.9 Å². The third kappa shape index (κ3) is 3.83. The highest BCUT2D eigenvalue weighted by Crippen LogP contribution is 2.40. The predicted octanol–water partition coefficient (Wildman–Crippen LogP) is 3.24. The number of urea groups is 1. The molecule has 3 amide bonds. The highest BCUT2D eigenvalue weighted by atomic mass is 16.5. The molecule has 0 aliphatic carbocycles. The van der Waals surface area contributed by atoms with Crippen molar-refractivity contribution in [1.82, 2.24) is 10.4 Å². The third-order valence-electron chi connectivity index (χ3n) is 4.19. The fourth-order valence-corrected chi connectivity index (χ4v) is 2.74. The molecule has 0 radical (unpaired) electrons. The van der Waals surface area contributed by atoms with E-state index in [1.54, 1.807) is 0 Å². The van der Waals surface area contributed by atoms with Gasteiger partial charge in [0.25, 0.3) is 5.91 Å². The Morgan fingerprint density at radius 3 is 2.08 bits per heavy atom. The molecule has 2 rings (SSSR count). The molecule has 0 aromatic heterocycles. The normalized spacial score (nSPS) is 16.8. The Hall–Kier alpha value is -2.54. The number of phenols is 1. The van der Waals surface area contributed by atoms with Gasteiger partial charge in [0.1, 0.15) is 5.75 Å². The third-order valence-corrected chi connectivity index (χ3v) is 4.19. The SMILES string of the molecule is CC(C)(C)c1cc(C=C2OCN(C(=O)NO)C2=O)cc(C(C)(C)C)c1O. The van der Waals surface area contributed by atoms with E-state index in [1.807, 2.05) is 53.7 Å². The largest absolute Gasteiger partial charge is 0.507 e. The van der Waals surface area contributed by atoms with Crippen LogP contribution in [-0.4, -0.2) is 33.9 Å². The van der Waals surface area contributed by atoms with E-state index in [0.717, 1.165) is 16.0 Å². The number of aromatic hydroxyl groups is 1. The molecule has 0 atom stereocenters. The first-order chi connectivity index (χ1) is 11.9. The van der Waals surface area contributed by atoms with Crippen molar-refractivity contribution in [2.45, 2.75) is 52.4 Å². The molecule has 0 bridgehead atoms. The molecule has 1 fully saturated rings. The number of ether oxygens (including phenoxy) is 1. The van der Waals surface area contributed by atoms with Gasteiger partial charge in [0.05, 0.1) is 0 Å². The monoisotopic (exact) mass is 362 g/mol. The van der Waals surface area contributed by atoms with Crippen molar-refractivity contribution in [3.05, 3.63) is 34.6 Å². The van der Waals surface area contributed by atoms with Crippen LogP contribution in [0.15, 0.2) is 17.9 Å². The Kier molecular flexibility index (Phi) is 5.05. The molecule has 1 saturated heterocycles. The quantitative estimate of drug-likeness (QED) is 0.405. The van der Waals surface area contributed by atoms with Crippen molar-refractivity contribution in [2.24, 2.45) is 0 Å². The first-order valence-electron chi connectivity index (χ1n) is 8.34. The summed E-state index contributed by atoms with van der Waals surface area (Å²) in [6.07, 6.45) is 1.54. The highest BCUT2D eigenvalue weighted by Gasteiger charge is 2.33. The summed E-state index contributed by atoms with van der Waals surface area (Å²) in [6, 6.07) is 2.67. The minimum atomic E-state index is -0.949. The van der Waals surface area contributed by atoms with Crippen LogP contribution in [-0.2, 0) is 20.4 Å². The molecule has 1 aromatic rings. The summed E-state index contributed by atoms with van der Waals surface area (Å²) in [7, 11) is 0. The fraction of sp³-hybridized carbons (Fsp3) is 0.474. The lowest BCUT2D eigenvalue weighted by molar-refractivity contribution is -0.122. The van der Waals surface area contributed by atoms with Gasteiger partial charge >= 0.3 is 6.03 Å². The molecule has 142 valence electrons. The van der Waals surface area contributed by atoms with Crippen molar-refractivity contribution in [3.63, 3.8) is 0 Å². The van der Waals surface area contributed by atoms with Crippen molar-refractivity contribution in [1.29, 1.82) is 0 Å². The maximum atomic E-state index is 12.3. The number of amides is 3. The smallest absolute Gasteiger partial charge is 0.350 e. The fourth-order valence-electron chi connectivity index (χ4n) is 2.74. The Labute approximate surface area is 153 Å². The zero-order valence-electron chi connectivity index (χ0n) is 16.0. The first-order valence-corrected chi connectivity index (χ1v) is 8.34. The van der Waals surface area contributed by atoms with Crippen LogP contribution in [0, 0.1) is 0 Å². The summed E-state index contributed by atoms with van der Waals surface area (Å²) >= 11 is 0. The standard InChI is InChI=1S/C19H26N2O5/c1-18(2,3)12-7-11(8-13(15(12)22)19(4,5)6)9-14-16(23)21(10-26-14)17(24)20-25/h7-9,22,25H,10H2,1-6H3,(H,20,24). The van der Waals surface area contributed by atoms with Gasteiger partial charge in [-0.3, -0.25) is 10.0 Å². The highest BCUT2D eigenvalue weighted by molar-refractivity contribution is 6.06. The van der Waals surface area contributed by atoms with Gasteiger partial charge in [-0.1, -0.05) is 41.5 Å². The Morgan fingerprint density at radius 1 is 1.15 bits per heavy atom. The summed E-state index contributed by atoms with van der Waals surface area (Å²) in [4.78, 5) is 24.4. The van der Waals surface area contributed by atoms with E-state index in [0.29, 0.717) is 5.56 Å². The zero-order valence-corrected chi connectivity index (χ0v) is 16.0. The summed E-state index contributed by atoms with van der Waals surface area (Å²) in [5, 5.41) is 19.4. The minimum absolute atomic E-state index is 0.000918. The van der Waals surface area contributed by atoms with Gasteiger partial charge in [-0.15, -0.1) is 0 Å². The summed E-state index contributed by atoms with van der Waals surface area (Å²) < 4.78 is 5.29. The molecule has 7 nitrogen and oxygen atoms in total. The second kappa shape index (κ2) is 6.64. The number of carbonyl (C=O) groups is 2. The molecule has 0 unspecified atom stereocenters. The Bertz CT molecular complexity index is 734. The maximum Gasteiger partial charge on any atom is 0.350 e. The van der Waals surface area contributed by atoms with Crippen LogP contribution >= 0.6 is 0 Å². The van der Waals surface area contributed by atoms with Crippen LogP contribution in [0.4, 0.5) is 4.79 Å². The molecule has 26 heavy (non-hydrogen) atoms. The van der Waals surface area contributed by atoms with Crippen LogP contribution in [0.1, 0.15) is 58.2 Å². The zero-order chi connectivity index (χ0) is 19.9. The second-order valence-corrected chi connectivity index (χ2v) is 8.40. The number of carbonyl (C=O) groups excluding carboxylic acids is 2. The molecule has 0 saturated carbocycles. The molecule has 1 aliphatic heterocycles. The van der Waals surface area contributed by atoms with Crippen LogP contribution < -0.4 is 5.48 Å². The number of hydrogen-bond donors (Lipinski definition) is 3. The Morgan fingerprint density at radius 2 is 1.65 bits per heavy atom. The van der Waals surface area contributed by atoms with E-state index in [1.165, 1.54) is 11.6 Å². The van der Waals surface area contributed by atoms with Gasteiger partial charge in [-0.2, -0.15) is 0 Å². The van der Waals surface area contributed by atoms with Gasteiger partial charge in [0.2, 0.25) is 0 Å². The van der Waals surface area contributed by atoms with Crippen molar-refractivity contribution in [3.8, 4) is 5.75 Å². The number of phenolic OH excluding ortho intramolecular Hbond substituents is 1. The lowest BCUT2D eigenvalue weighted by Gasteiger charge is -2.27. The maximum absolute atomic E-state index is 12.3. The van der Waals surface area contributed by atoms with Crippen LogP contribution in [0.2, 0.25) is 0 Å². The van der Waals surface area contributed by atoms with Crippen LogP contribution in [0.25, 0.3) is 6.08 Å². The number of nitrogens with zero attached hydrogens (tertiary/aromatic N) is 1. The van der Waals surface area contributed by atoms with Gasteiger partial charge in [-0.05, 0) is 34.6 Å². The Balaban J connectivity index is 2.54. The number of rotatable bonds is 1. The number of hydroxylamine groups is 1. The van der Waals surface area contributed by atoms with Crippen molar-refractivity contribution < 1.29 is 24.6 Å². The van der Waals surface area contributed by atoms with Gasteiger partial charge < -0.3 is 9.84 Å². The average molecular weight is 362 g/mol. The van der Waals surface area contributed by atoms with E-state index in [2.05, 4.69) is 0 Å². The molecule has 1 aliphatic rings. The summed E-state index contributed by atoms with van der Waals surface area (Å²) in [5.41, 5.74) is 3.01. The number of nitrogens with one attached hydrogen (secondary N) is 1. The molecule has 0 spiro atoms. The lowest BCUT2D eigenvalue weighted by Crippen LogP contribution is -2.39. The van der Waals surface area contributed by atoms with Crippen molar-refractivity contribution in [2.75, 3.05) is 6.73 Å². The first kappa shape index (κ1) is 19.8. The summed E-state index contributed by atoms with van der Waals surface area (Å²) in [5.74, 6) is -0.398. The number of hydrogen-bond acceptors (Lipinski definition) is 5. The van der Waals surface area contributed by atoms with E-state index in [4.69, 9.17) is 9.94 Å². The predicted molar refractivity (Wildman–Crippen MR) is 96.6 cm³/mol. The molecular formula is C19H26N2O5. The van der Waals surface area contributed by atoms with Gasteiger partial charge in [-0.25, -0.2) is 15.2 Å². The number of imide groups is 1. The van der Waals surface area contributed by atoms with E-state index >= 15 is 0 Å². The molecule has 3 N–H and O–H groups in total. The van der Waals surface area contributed by atoms with E-state index in [-0.39, 0.29) is 29.1 Å². The van der Waals surface area contributed by atoms with E-state index in [9.17, 15) is 14.7 Å². The topological polar surface area (TPSA) is 99.1 Å². The van der Waals surface area contributed by atoms with Crippen molar-refractivity contribution >= 4 is 18.0 Å². The lowest BCUT2D eigenvalue weighted by atomic mass is 9.78. The minimum Gasteiger partial charge on any atom is -0.507 e.